The van der Waals surface area contributed by atoms with Crippen molar-refractivity contribution in [3.8, 4) is 5.75 Å². The van der Waals surface area contributed by atoms with Crippen LogP contribution in [-0.4, -0.2) is 94.7 Å². The number of nitrogens with zero attached hydrogens (tertiary/aromatic N) is 1. The van der Waals surface area contributed by atoms with E-state index in [4.69, 9.17) is 47.2 Å². The van der Waals surface area contributed by atoms with Crippen molar-refractivity contribution in [3.05, 3.63) is 53.1 Å². The molecular weight excluding hydrogens is 500 g/mol. The maximum Gasteiger partial charge on any atom is 0.328 e. The van der Waals surface area contributed by atoms with Crippen LogP contribution in [0.3, 0.4) is 0 Å². The van der Waals surface area contributed by atoms with Gasteiger partial charge in [0.1, 0.15) is 5.75 Å². The van der Waals surface area contributed by atoms with Crippen molar-refractivity contribution in [2.75, 3.05) is 39.4 Å². The van der Waals surface area contributed by atoms with Gasteiger partial charge in [-0.2, -0.15) is 0 Å². The Morgan fingerprint density at radius 3 is 2.03 bits per heavy atom. The van der Waals surface area contributed by atoms with Crippen LogP contribution in [-0.2, 0) is 30.3 Å². The zero-order chi connectivity index (χ0) is 27.5. The average molecular weight is 531 g/mol. The molecule has 1 atom stereocenters. The smallest absolute Gasteiger partial charge is 0.328 e. The van der Waals surface area contributed by atoms with Crippen LogP contribution in [0.15, 0.2) is 42.5 Å². The highest BCUT2D eigenvalue weighted by atomic mass is 35.5. The van der Waals surface area contributed by atoms with E-state index in [-0.39, 0.29) is 6.10 Å². The zero-order valence-electron chi connectivity index (χ0n) is 19.7. The Kier molecular flexibility index (Phi) is 17.0. The van der Waals surface area contributed by atoms with Gasteiger partial charge in [-0.25, -0.2) is 19.2 Å². The first-order valence-corrected chi connectivity index (χ1v) is 11.1. The second kappa shape index (κ2) is 18.8. The van der Waals surface area contributed by atoms with Crippen LogP contribution < -0.4 is 10.5 Å². The first-order chi connectivity index (χ1) is 17.0. The number of carbonyl (C=O) groups is 4. The number of halogens is 1. The highest BCUT2D eigenvalue weighted by Gasteiger charge is 2.19. The number of morpholine rings is 1. The lowest BCUT2D eigenvalue weighted by Crippen LogP contribution is -2.46. The molecule has 36 heavy (non-hydrogen) atoms. The van der Waals surface area contributed by atoms with E-state index in [9.17, 15) is 19.2 Å². The van der Waals surface area contributed by atoms with E-state index >= 15 is 0 Å². The molecule has 0 radical (unpaired) electrons. The summed E-state index contributed by atoms with van der Waals surface area (Å²) in [7, 11) is 0. The fourth-order valence-corrected chi connectivity index (χ4v) is 2.92. The Labute approximate surface area is 213 Å². The van der Waals surface area contributed by atoms with Gasteiger partial charge in [-0.1, -0.05) is 11.6 Å². The minimum absolute atomic E-state index is 0.162. The molecule has 0 unspecified atom stereocenters. The summed E-state index contributed by atoms with van der Waals surface area (Å²) >= 11 is 6.08. The lowest BCUT2D eigenvalue weighted by atomic mass is 10.1. The summed E-state index contributed by atoms with van der Waals surface area (Å²) in [5.74, 6) is -4.10. The standard InChI is InChI=1S/C15H23ClN2O2.2C4H4O4/c1-2-19-15-4-3-13(16)9-12(15)5-6-18-7-8-20-14(10-17)11-18;2*5-3(6)1-2-4(7)8/h3-4,9,14H,2,5-8,10-11,17H2,1H3;2*1-2H,(H,5,6)(H,7,8)/b;2*2-1+/t14-;;/m0../s1. The molecule has 0 saturated carbocycles. The maximum atomic E-state index is 9.55. The molecule has 1 aromatic carbocycles. The van der Waals surface area contributed by atoms with Crippen molar-refractivity contribution < 1.29 is 49.1 Å². The number of hydrogen-bond donors (Lipinski definition) is 5. The summed E-state index contributed by atoms with van der Waals surface area (Å²) in [5.41, 5.74) is 6.83. The van der Waals surface area contributed by atoms with E-state index in [1.165, 1.54) is 0 Å². The number of benzene rings is 1. The molecule has 2 rings (SSSR count). The van der Waals surface area contributed by atoms with Gasteiger partial charge in [-0.3, -0.25) is 4.90 Å². The SMILES string of the molecule is CCOc1ccc(Cl)cc1CCN1CCO[C@@H](CN)C1.O=C(O)/C=C/C(=O)O.O=C(O)/C=C/C(=O)O. The molecule has 0 aliphatic carbocycles. The number of hydrogen-bond acceptors (Lipinski definition) is 8. The second-order valence-electron chi connectivity index (χ2n) is 6.98. The van der Waals surface area contributed by atoms with E-state index in [1.807, 2.05) is 25.1 Å². The molecule has 12 nitrogen and oxygen atoms in total. The lowest BCUT2D eigenvalue weighted by Gasteiger charge is -2.32. The highest BCUT2D eigenvalue weighted by Crippen LogP contribution is 2.24. The van der Waals surface area contributed by atoms with Crippen LogP contribution in [0.5, 0.6) is 5.75 Å². The lowest BCUT2D eigenvalue weighted by molar-refractivity contribution is -0.134. The summed E-state index contributed by atoms with van der Waals surface area (Å²) in [4.78, 5) is 40.6. The fraction of sp³-hybridized carbons (Fsp3) is 0.391. The molecule has 0 spiro atoms. The Bertz CT molecular complexity index is 854. The molecule has 0 amide bonds. The van der Waals surface area contributed by atoms with E-state index in [1.54, 1.807) is 0 Å². The summed E-state index contributed by atoms with van der Waals surface area (Å²) in [6.45, 7) is 6.84. The van der Waals surface area contributed by atoms with Gasteiger partial charge in [0.15, 0.2) is 0 Å². The van der Waals surface area contributed by atoms with Crippen LogP contribution in [0.2, 0.25) is 5.02 Å². The Morgan fingerprint density at radius 2 is 1.58 bits per heavy atom. The predicted molar refractivity (Wildman–Crippen MR) is 130 cm³/mol. The normalized spacial score (nSPS) is 15.4. The third-order valence-corrected chi connectivity index (χ3v) is 4.48. The molecule has 1 aliphatic heterocycles. The van der Waals surface area contributed by atoms with Gasteiger partial charge in [0.05, 0.1) is 19.3 Å². The number of nitrogens with two attached hydrogens (primary N) is 1. The maximum absolute atomic E-state index is 9.55. The molecule has 1 fully saturated rings. The third kappa shape index (κ3) is 17.1. The molecule has 1 aliphatic rings. The van der Waals surface area contributed by atoms with Gasteiger partial charge in [0.25, 0.3) is 0 Å². The van der Waals surface area contributed by atoms with Crippen LogP contribution in [0.25, 0.3) is 0 Å². The second-order valence-corrected chi connectivity index (χ2v) is 7.42. The monoisotopic (exact) mass is 530 g/mol. The number of carboxylic acids is 4. The fourth-order valence-electron chi connectivity index (χ4n) is 2.73. The predicted octanol–water partition coefficient (Wildman–Crippen LogP) is 1.36. The van der Waals surface area contributed by atoms with Gasteiger partial charge >= 0.3 is 23.9 Å². The van der Waals surface area contributed by atoms with Gasteiger partial charge in [-0.05, 0) is 37.1 Å². The average Bonchev–Trinajstić information content (AvgIpc) is 2.82. The molecule has 0 bridgehead atoms. The Balaban J connectivity index is 0.000000634. The van der Waals surface area contributed by atoms with Gasteiger partial charge in [0, 0.05) is 55.5 Å². The first kappa shape index (κ1) is 32.5. The molecule has 200 valence electrons. The van der Waals surface area contributed by atoms with Crippen LogP contribution >= 0.6 is 11.6 Å². The quantitative estimate of drug-likeness (QED) is 0.273. The van der Waals surface area contributed by atoms with Crippen molar-refractivity contribution in [1.29, 1.82) is 0 Å². The minimum atomic E-state index is -1.26. The largest absolute Gasteiger partial charge is 0.494 e. The van der Waals surface area contributed by atoms with E-state index in [2.05, 4.69) is 4.90 Å². The first-order valence-electron chi connectivity index (χ1n) is 10.7. The molecule has 6 N–H and O–H groups in total. The molecule has 0 aromatic heterocycles. The van der Waals surface area contributed by atoms with Crippen LogP contribution in [0.4, 0.5) is 0 Å². The van der Waals surface area contributed by atoms with Crippen LogP contribution in [0.1, 0.15) is 12.5 Å². The summed E-state index contributed by atoms with van der Waals surface area (Å²) < 4.78 is 11.2. The van der Waals surface area contributed by atoms with Crippen molar-refractivity contribution in [1.82, 2.24) is 4.90 Å². The molecular formula is C23H31ClN2O10. The topological polar surface area (TPSA) is 197 Å². The van der Waals surface area contributed by atoms with E-state index < -0.39 is 23.9 Å². The van der Waals surface area contributed by atoms with E-state index in [0.29, 0.717) is 37.5 Å². The number of carboxylic acid groups (broad SMARTS) is 4. The number of ether oxygens (including phenoxy) is 2. The van der Waals surface area contributed by atoms with Gasteiger partial charge < -0.3 is 35.6 Å². The summed E-state index contributed by atoms with van der Waals surface area (Å²) in [6.07, 6.45) is 3.32. The van der Waals surface area contributed by atoms with Gasteiger partial charge in [0.2, 0.25) is 0 Å². The number of rotatable bonds is 10. The van der Waals surface area contributed by atoms with Crippen molar-refractivity contribution >= 4 is 35.5 Å². The van der Waals surface area contributed by atoms with Crippen molar-refractivity contribution in [2.45, 2.75) is 19.4 Å². The zero-order valence-corrected chi connectivity index (χ0v) is 20.5. The Morgan fingerprint density at radius 1 is 1.06 bits per heavy atom. The van der Waals surface area contributed by atoms with Crippen LogP contribution in [0, 0.1) is 0 Å². The molecule has 1 aromatic rings. The molecule has 1 saturated heterocycles. The minimum Gasteiger partial charge on any atom is -0.494 e. The van der Waals surface area contributed by atoms with Gasteiger partial charge in [-0.15, -0.1) is 0 Å². The highest BCUT2D eigenvalue weighted by molar-refractivity contribution is 6.30. The van der Waals surface area contributed by atoms with Crippen molar-refractivity contribution in [3.63, 3.8) is 0 Å². The molecule has 13 heteroatoms. The van der Waals surface area contributed by atoms with E-state index in [0.717, 1.165) is 49.0 Å². The Hall–Kier alpha value is -3.45. The summed E-state index contributed by atoms with van der Waals surface area (Å²) in [5, 5.41) is 32.0. The molecule has 1 heterocycles. The third-order valence-electron chi connectivity index (χ3n) is 4.24. The van der Waals surface area contributed by atoms with Crippen molar-refractivity contribution in [2.24, 2.45) is 5.73 Å². The summed E-state index contributed by atoms with van der Waals surface area (Å²) in [6, 6.07) is 5.81. The number of aliphatic carboxylic acids is 4.